The van der Waals surface area contributed by atoms with Gasteiger partial charge in [0.25, 0.3) is 0 Å². The molecule has 1 rings (SSSR count). The van der Waals surface area contributed by atoms with Crippen molar-refractivity contribution >= 4 is 33.0 Å². The van der Waals surface area contributed by atoms with Crippen molar-refractivity contribution in [1.29, 1.82) is 5.26 Å². The Bertz CT molecular complexity index is 520. The first-order valence-electron chi connectivity index (χ1n) is 4.46. The standard InChI is InChI=1S/C10H9Cl2NO2S/c11-9-3-2-8(10(12)6-9)7-16(14,15)5-1-4-13/h2-3,6H,1,5,7H2. The zero-order valence-electron chi connectivity index (χ0n) is 8.28. The summed E-state index contributed by atoms with van der Waals surface area (Å²) in [6, 6.07) is 6.46. The minimum absolute atomic E-state index is 0.00641. The van der Waals surface area contributed by atoms with E-state index >= 15 is 0 Å². The Morgan fingerprint density at radius 1 is 1.31 bits per heavy atom. The minimum Gasteiger partial charge on any atom is -0.228 e. The fourth-order valence-electron chi connectivity index (χ4n) is 1.15. The summed E-state index contributed by atoms with van der Waals surface area (Å²) in [6.45, 7) is 0. The number of nitrogens with zero attached hydrogens (tertiary/aromatic N) is 1. The zero-order valence-corrected chi connectivity index (χ0v) is 10.6. The fourth-order valence-corrected chi connectivity index (χ4v) is 2.98. The van der Waals surface area contributed by atoms with Crippen LogP contribution in [0.5, 0.6) is 0 Å². The quantitative estimate of drug-likeness (QED) is 0.850. The number of rotatable bonds is 4. The Labute approximate surface area is 105 Å². The van der Waals surface area contributed by atoms with Crippen molar-refractivity contribution in [3.05, 3.63) is 33.8 Å². The predicted molar refractivity (Wildman–Crippen MR) is 64.2 cm³/mol. The Morgan fingerprint density at radius 3 is 2.56 bits per heavy atom. The average molecular weight is 278 g/mol. The summed E-state index contributed by atoms with van der Waals surface area (Å²) in [5.74, 6) is -0.312. The molecule has 0 unspecified atom stereocenters. The summed E-state index contributed by atoms with van der Waals surface area (Å²) in [6.07, 6.45) is -0.00641. The van der Waals surface area contributed by atoms with Gasteiger partial charge in [0, 0.05) is 16.5 Å². The number of hydrogen-bond donors (Lipinski definition) is 0. The van der Waals surface area contributed by atoms with Gasteiger partial charge in [0.1, 0.15) is 0 Å². The highest BCUT2D eigenvalue weighted by atomic mass is 35.5. The van der Waals surface area contributed by atoms with Gasteiger partial charge in [0.15, 0.2) is 9.84 Å². The van der Waals surface area contributed by atoms with Crippen molar-refractivity contribution in [3.8, 4) is 6.07 Å². The van der Waals surface area contributed by atoms with E-state index in [2.05, 4.69) is 0 Å². The molecule has 6 heteroatoms. The highest BCUT2D eigenvalue weighted by Gasteiger charge is 2.13. The number of nitriles is 1. The molecule has 0 N–H and O–H groups in total. The highest BCUT2D eigenvalue weighted by molar-refractivity contribution is 7.90. The van der Waals surface area contributed by atoms with Crippen LogP contribution < -0.4 is 0 Å². The van der Waals surface area contributed by atoms with Gasteiger partial charge in [-0.3, -0.25) is 0 Å². The molecule has 1 aromatic rings. The van der Waals surface area contributed by atoms with Crippen molar-refractivity contribution in [1.82, 2.24) is 0 Å². The molecule has 0 amide bonds. The molecule has 16 heavy (non-hydrogen) atoms. The third-order valence-electron chi connectivity index (χ3n) is 1.92. The maximum Gasteiger partial charge on any atom is 0.155 e. The number of sulfone groups is 1. The SMILES string of the molecule is N#CCCS(=O)(=O)Cc1ccc(Cl)cc1Cl. The maximum absolute atomic E-state index is 11.6. The van der Waals surface area contributed by atoms with E-state index in [9.17, 15) is 8.42 Å². The first-order valence-corrected chi connectivity index (χ1v) is 7.03. The monoisotopic (exact) mass is 277 g/mol. The molecule has 0 bridgehead atoms. The molecule has 0 atom stereocenters. The van der Waals surface area contributed by atoms with Crippen LogP contribution >= 0.6 is 23.2 Å². The molecule has 0 fully saturated rings. The third kappa shape index (κ3) is 4.01. The molecule has 0 aliphatic heterocycles. The second kappa shape index (κ2) is 5.53. The maximum atomic E-state index is 11.6. The van der Waals surface area contributed by atoms with Crippen molar-refractivity contribution in [2.24, 2.45) is 0 Å². The average Bonchev–Trinajstić information content (AvgIpc) is 2.19. The van der Waals surface area contributed by atoms with Gasteiger partial charge in [0.2, 0.25) is 0 Å². The van der Waals surface area contributed by atoms with Crippen LogP contribution in [-0.4, -0.2) is 14.2 Å². The molecule has 0 spiro atoms. The minimum atomic E-state index is -3.28. The molecule has 86 valence electrons. The number of halogens is 2. The smallest absolute Gasteiger partial charge is 0.155 e. The molecule has 0 radical (unpaired) electrons. The number of benzene rings is 1. The van der Waals surface area contributed by atoms with Crippen LogP contribution in [0.3, 0.4) is 0 Å². The second-order valence-corrected chi connectivity index (χ2v) is 6.26. The zero-order chi connectivity index (χ0) is 12.2. The van der Waals surface area contributed by atoms with E-state index in [-0.39, 0.29) is 17.9 Å². The van der Waals surface area contributed by atoms with Crippen LogP contribution in [0.1, 0.15) is 12.0 Å². The molecular weight excluding hydrogens is 269 g/mol. The second-order valence-electron chi connectivity index (χ2n) is 3.24. The van der Waals surface area contributed by atoms with Crippen LogP contribution in [0, 0.1) is 11.3 Å². The Hall–Kier alpha value is -0.760. The van der Waals surface area contributed by atoms with Crippen LogP contribution in [0.4, 0.5) is 0 Å². The van der Waals surface area contributed by atoms with Crippen LogP contribution in [0.15, 0.2) is 18.2 Å². The van der Waals surface area contributed by atoms with E-state index in [0.717, 1.165) is 0 Å². The first kappa shape index (κ1) is 13.3. The lowest BCUT2D eigenvalue weighted by Gasteiger charge is -2.05. The van der Waals surface area contributed by atoms with Gasteiger partial charge >= 0.3 is 0 Å². The lowest BCUT2D eigenvalue weighted by molar-refractivity contribution is 0.595. The number of hydrogen-bond acceptors (Lipinski definition) is 3. The summed E-state index contributed by atoms with van der Waals surface area (Å²) < 4.78 is 23.1. The summed E-state index contributed by atoms with van der Waals surface area (Å²) >= 11 is 11.6. The summed E-state index contributed by atoms with van der Waals surface area (Å²) in [5.41, 5.74) is 0.504. The van der Waals surface area contributed by atoms with E-state index in [1.165, 1.54) is 6.07 Å². The van der Waals surface area contributed by atoms with E-state index in [0.29, 0.717) is 15.6 Å². The molecule has 1 aromatic carbocycles. The van der Waals surface area contributed by atoms with Gasteiger partial charge in [-0.15, -0.1) is 0 Å². The van der Waals surface area contributed by atoms with Gasteiger partial charge < -0.3 is 0 Å². The van der Waals surface area contributed by atoms with E-state index < -0.39 is 9.84 Å². The molecular formula is C10H9Cl2NO2S. The molecule has 0 saturated heterocycles. The van der Waals surface area contributed by atoms with Crippen LogP contribution in [-0.2, 0) is 15.6 Å². The van der Waals surface area contributed by atoms with Crippen molar-refractivity contribution in [2.75, 3.05) is 5.75 Å². The lowest BCUT2D eigenvalue weighted by atomic mass is 10.2. The molecule has 0 saturated carbocycles. The largest absolute Gasteiger partial charge is 0.228 e. The van der Waals surface area contributed by atoms with Crippen molar-refractivity contribution in [2.45, 2.75) is 12.2 Å². The summed E-state index contributed by atoms with van der Waals surface area (Å²) in [4.78, 5) is 0. The predicted octanol–water partition coefficient (Wildman–Crippen LogP) is 2.82. The lowest BCUT2D eigenvalue weighted by Crippen LogP contribution is -2.09. The van der Waals surface area contributed by atoms with Crippen molar-refractivity contribution in [3.63, 3.8) is 0 Å². The van der Waals surface area contributed by atoms with Gasteiger partial charge in [-0.1, -0.05) is 29.3 Å². The van der Waals surface area contributed by atoms with E-state index in [4.69, 9.17) is 28.5 Å². The molecule has 0 aromatic heterocycles. The fraction of sp³-hybridized carbons (Fsp3) is 0.300. The van der Waals surface area contributed by atoms with E-state index in [1.54, 1.807) is 18.2 Å². The van der Waals surface area contributed by atoms with Gasteiger partial charge in [-0.25, -0.2) is 8.42 Å². The Morgan fingerprint density at radius 2 is 2.00 bits per heavy atom. The third-order valence-corrected chi connectivity index (χ3v) is 4.08. The Balaban J connectivity index is 2.85. The Kier molecular flexibility index (Phi) is 4.60. The molecule has 0 heterocycles. The first-order chi connectivity index (χ1) is 7.44. The molecule has 0 aliphatic rings. The summed E-state index contributed by atoms with van der Waals surface area (Å²) in [5, 5.41) is 9.12. The summed E-state index contributed by atoms with van der Waals surface area (Å²) in [7, 11) is -3.28. The highest BCUT2D eigenvalue weighted by Crippen LogP contribution is 2.22. The van der Waals surface area contributed by atoms with Crippen LogP contribution in [0.2, 0.25) is 10.0 Å². The van der Waals surface area contributed by atoms with Gasteiger partial charge in [-0.2, -0.15) is 5.26 Å². The normalized spacial score (nSPS) is 11.1. The van der Waals surface area contributed by atoms with Gasteiger partial charge in [0.05, 0.1) is 17.6 Å². The topological polar surface area (TPSA) is 57.9 Å². The van der Waals surface area contributed by atoms with Crippen LogP contribution in [0.25, 0.3) is 0 Å². The van der Waals surface area contributed by atoms with E-state index in [1.807, 2.05) is 0 Å². The molecule has 0 aliphatic carbocycles. The molecule has 3 nitrogen and oxygen atoms in total. The van der Waals surface area contributed by atoms with Crippen molar-refractivity contribution < 1.29 is 8.42 Å². The van der Waals surface area contributed by atoms with Gasteiger partial charge in [-0.05, 0) is 17.7 Å².